The van der Waals surface area contributed by atoms with Gasteiger partial charge in [-0.3, -0.25) is 9.69 Å². The van der Waals surface area contributed by atoms with Gasteiger partial charge in [0, 0.05) is 19.6 Å². The fraction of sp³-hybridized carbons (Fsp3) is 0.545. The summed E-state index contributed by atoms with van der Waals surface area (Å²) in [7, 11) is 0. The average molecular weight is 197 g/mol. The third-order valence-electron chi connectivity index (χ3n) is 1.97. The molecule has 0 aliphatic carbocycles. The van der Waals surface area contributed by atoms with E-state index in [1.165, 1.54) is 0 Å². The van der Waals surface area contributed by atoms with E-state index in [4.69, 9.17) is 5.11 Å². The van der Waals surface area contributed by atoms with Gasteiger partial charge in [-0.05, 0) is 13.8 Å². The van der Waals surface area contributed by atoms with E-state index in [2.05, 4.69) is 13.2 Å². The van der Waals surface area contributed by atoms with Crippen molar-refractivity contribution >= 4 is 5.97 Å². The molecule has 0 heterocycles. The van der Waals surface area contributed by atoms with Gasteiger partial charge in [-0.2, -0.15) is 0 Å². The summed E-state index contributed by atoms with van der Waals surface area (Å²) in [4.78, 5) is 12.9. The number of aliphatic carboxylic acids is 1. The SMILES string of the molecule is C=CCN(CC=C)CC(C)(C)C(=O)O. The summed E-state index contributed by atoms with van der Waals surface area (Å²) in [5.41, 5.74) is -0.730. The lowest BCUT2D eigenvalue weighted by Gasteiger charge is -2.27. The van der Waals surface area contributed by atoms with Gasteiger partial charge in [0.1, 0.15) is 0 Å². The molecule has 0 aliphatic heterocycles. The lowest BCUT2D eigenvalue weighted by Crippen LogP contribution is -2.39. The third-order valence-corrected chi connectivity index (χ3v) is 1.97. The van der Waals surface area contributed by atoms with Crippen LogP contribution in [0.5, 0.6) is 0 Å². The largest absolute Gasteiger partial charge is 0.481 e. The van der Waals surface area contributed by atoms with Crippen LogP contribution in [0.25, 0.3) is 0 Å². The Morgan fingerprint density at radius 3 is 2.07 bits per heavy atom. The highest BCUT2D eigenvalue weighted by Crippen LogP contribution is 2.16. The minimum Gasteiger partial charge on any atom is -0.481 e. The average Bonchev–Trinajstić information content (AvgIpc) is 2.04. The zero-order valence-corrected chi connectivity index (χ0v) is 8.99. The molecule has 0 saturated heterocycles. The molecule has 0 bridgehead atoms. The Morgan fingerprint density at radius 2 is 1.79 bits per heavy atom. The van der Waals surface area contributed by atoms with Crippen LogP contribution in [0, 0.1) is 5.41 Å². The highest BCUT2D eigenvalue weighted by Gasteiger charge is 2.28. The second kappa shape index (κ2) is 5.60. The number of hydrogen-bond acceptors (Lipinski definition) is 2. The summed E-state index contributed by atoms with van der Waals surface area (Å²) < 4.78 is 0. The van der Waals surface area contributed by atoms with Crippen LogP contribution in [-0.4, -0.2) is 35.6 Å². The van der Waals surface area contributed by atoms with Crippen LogP contribution >= 0.6 is 0 Å². The Labute approximate surface area is 85.7 Å². The number of hydrogen-bond donors (Lipinski definition) is 1. The summed E-state index contributed by atoms with van der Waals surface area (Å²) in [6.07, 6.45) is 3.53. The highest BCUT2D eigenvalue weighted by molar-refractivity contribution is 5.73. The maximum absolute atomic E-state index is 10.9. The highest BCUT2D eigenvalue weighted by atomic mass is 16.4. The summed E-state index contributed by atoms with van der Waals surface area (Å²) in [6, 6.07) is 0. The number of carboxylic acid groups (broad SMARTS) is 1. The topological polar surface area (TPSA) is 40.5 Å². The molecular formula is C11H19NO2. The van der Waals surface area contributed by atoms with Crippen molar-refractivity contribution in [1.82, 2.24) is 4.90 Å². The first-order valence-electron chi connectivity index (χ1n) is 4.61. The van der Waals surface area contributed by atoms with Crippen LogP contribution < -0.4 is 0 Å². The molecule has 0 rings (SSSR count). The second-order valence-corrected chi connectivity index (χ2v) is 3.96. The lowest BCUT2D eigenvalue weighted by atomic mass is 9.93. The molecule has 0 atom stereocenters. The van der Waals surface area contributed by atoms with E-state index in [0.717, 1.165) is 0 Å². The van der Waals surface area contributed by atoms with Gasteiger partial charge in [0.25, 0.3) is 0 Å². The molecule has 0 unspecified atom stereocenters. The molecule has 0 fully saturated rings. The molecule has 1 N–H and O–H groups in total. The molecular weight excluding hydrogens is 178 g/mol. The normalized spacial score (nSPS) is 11.4. The van der Waals surface area contributed by atoms with Crippen molar-refractivity contribution in [3.8, 4) is 0 Å². The fourth-order valence-electron chi connectivity index (χ4n) is 1.20. The fourth-order valence-corrected chi connectivity index (χ4v) is 1.20. The lowest BCUT2D eigenvalue weighted by molar-refractivity contribution is -0.147. The van der Waals surface area contributed by atoms with Crippen LogP contribution in [0.4, 0.5) is 0 Å². The molecule has 0 radical (unpaired) electrons. The van der Waals surface area contributed by atoms with E-state index in [-0.39, 0.29) is 0 Å². The van der Waals surface area contributed by atoms with Crippen molar-refractivity contribution < 1.29 is 9.90 Å². The molecule has 14 heavy (non-hydrogen) atoms. The van der Waals surface area contributed by atoms with Crippen LogP contribution in [-0.2, 0) is 4.79 Å². The van der Waals surface area contributed by atoms with Crippen LogP contribution in [0.15, 0.2) is 25.3 Å². The molecule has 0 aromatic carbocycles. The van der Waals surface area contributed by atoms with E-state index in [1.54, 1.807) is 26.0 Å². The minimum atomic E-state index is -0.782. The van der Waals surface area contributed by atoms with Crippen LogP contribution in [0.2, 0.25) is 0 Å². The monoisotopic (exact) mass is 197 g/mol. The Hall–Kier alpha value is -1.09. The van der Waals surface area contributed by atoms with Crippen molar-refractivity contribution in [2.75, 3.05) is 19.6 Å². The maximum atomic E-state index is 10.9. The zero-order chi connectivity index (χ0) is 11.2. The molecule has 80 valence electrons. The van der Waals surface area contributed by atoms with Gasteiger partial charge >= 0.3 is 5.97 Å². The quantitative estimate of drug-likeness (QED) is 0.632. The standard InChI is InChI=1S/C11H19NO2/c1-5-7-12(8-6-2)9-11(3,4)10(13)14/h5-6H,1-2,7-9H2,3-4H3,(H,13,14). The molecule has 3 nitrogen and oxygen atoms in total. The van der Waals surface area contributed by atoms with Crippen molar-refractivity contribution in [2.45, 2.75) is 13.8 Å². The molecule has 0 aromatic rings. The first-order chi connectivity index (χ1) is 6.44. The Bertz CT molecular complexity index is 211. The number of rotatable bonds is 7. The number of nitrogens with zero attached hydrogens (tertiary/aromatic N) is 1. The van der Waals surface area contributed by atoms with E-state index in [1.807, 2.05) is 4.90 Å². The second-order valence-electron chi connectivity index (χ2n) is 3.96. The third kappa shape index (κ3) is 4.23. The van der Waals surface area contributed by atoms with Gasteiger partial charge in [0.05, 0.1) is 5.41 Å². The molecule has 0 amide bonds. The van der Waals surface area contributed by atoms with Gasteiger partial charge in [0.2, 0.25) is 0 Å². The molecule has 0 saturated carbocycles. The summed E-state index contributed by atoms with van der Waals surface area (Å²) in [5.74, 6) is -0.782. The van der Waals surface area contributed by atoms with Crippen molar-refractivity contribution in [3.05, 3.63) is 25.3 Å². The van der Waals surface area contributed by atoms with E-state index in [9.17, 15) is 4.79 Å². The number of carbonyl (C=O) groups is 1. The predicted octanol–water partition coefficient (Wildman–Crippen LogP) is 1.77. The van der Waals surface area contributed by atoms with E-state index >= 15 is 0 Å². The van der Waals surface area contributed by atoms with E-state index < -0.39 is 11.4 Å². The first-order valence-corrected chi connectivity index (χ1v) is 4.61. The minimum absolute atomic E-state index is 0.500. The van der Waals surface area contributed by atoms with Gasteiger partial charge in [0.15, 0.2) is 0 Å². The Balaban J connectivity index is 4.33. The Morgan fingerprint density at radius 1 is 1.36 bits per heavy atom. The Kier molecular flexibility index (Phi) is 5.16. The number of carboxylic acids is 1. The zero-order valence-electron chi connectivity index (χ0n) is 8.99. The van der Waals surface area contributed by atoms with E-state index in [0.29, 0.717) is 19.6 Å². The van der Waals surface area contributed by atoms with Gasteiger partial charge in [-0.15, -0.1) is 13.2 Å². The van der Waals surface area contributed by atoms with Crippen molar-refractivity contribution in [1.29, 1.82) is 0 Å². The smallest absolute Gasteiger partial charge is 0.310 e. The van der Waals surface area contributed by atoms with Crippen LogP contribution in [0.3, 0.4) is 0 Å². The first kappa shape index (κ1) is 12.9. The maximum Gasteiger partial charge on any atom is 0.310 e. The van der Waals surface area contributed by atoms with Gasteiger partial charge < -0.3 is 5.11 Å². The summed E-state index contributed by atoms with van der Waals surface area (Å²) in [6.45, 7) is 12.6. The molecule has 0 aliphatic rings. The van der Waals surface area contributed by atoms with Crippen molar-refractivity contribution in [2.24, 2.45) is 5.41 Å². The van der Waals surface area contributed by atoms with Crippen LogP contribution in [0.1, 0.15) is 13.8 Å². The molecule has 0 aromatic heterocycles. The molecule has 3 heteroatoms. The summed E-state index contributed by atoms with van der Waals surface area (Å²) >= 11 is 0. The van der Waals surface area contributed by atoms with Gasteiger partial charge in [-0.1, -0.05) is 12.2 Å². The molecule has 0 spiro atoms. The summed E-state index contributed by atoms with van der Waals surface area (Å²) in [5, 5.41) is 8.95. The van der Waals surface area contributed by atoms with Gasteiger partial charge in [-0.25, -0.2) is 0 Å². The van der Waals surface area contributed by atoms with Crippen molar-refractivity contribution in [3.63, 3.8) is 0 Å². The predicted molar refractivity (Wildman–Crippen MR) is 58.3 cm³/mol.